The second-order valence-corrected chi connectivity index (χ2v) is 31.5. The molecule has 6 aromatic heterocycles. The van der Waals surface area contributed by atoms with Crippen LogP contribution in [-0.2, 0) is 62.8 Å². The summed E-state index contributed by atoms with van der Waals surface area (Å²) in [5.41, 5.74) is 15.2. The molecule has 18 rings (SSSR count). The van der Waals surface area contributed by atoms with Crippen molar-refractivity contribution in [3.05, 3.63) is 319 Å². The van der Waals surface area contributed by atoms with Gasteiger partial charge in [0.15, 0.2) is 15.8 Å². The fraction of sp³-hybridized carbons (Fsp3) is 0.269. The number of halogens is 1. The van der Waals surface area contributed by atoms with Crippen LogP contribution in [0.3, 0.4) is 0 Å². The summed E-state index contributed by atoms with van der Waals surface area (Å²) in [6.07, 6.45) is 16.1. The number of nitrogens with one attached hydrogen (secondary N) is 1. The number of piperazine rings is 2. The Labute approximate surface area is 718 Å². The largest absolute Gasteiger partial charge is 1.00 e. The molecule has 1 aliphatic carbocycles. The topological polar surface area (TPSA) is 273 Å². The molecule has 9 heterocycles. The summed E-state index contributed by atoms with van der Waals surface area (Å²) >= 11 is 8.35. The first-order chi connectivity index (χ1) is 56.4. The number of hydrogen-bond donors (Lipinski definition) is 2. The van der Waals surface area contributed by atoms with Crippen LogP contribution >= 0.6 is 34.3 Å². The van der Waals surface area contributed by atoms with Gasteiger partial charge in [0.25, 0.3) is 11.8 Å². The maximum Gasteiger partial charge on any atom is 1.00 e. The van der Waals surface area contributed by atoms with Crippen molar-refractivity contribution in [2.24, 2.45) is 34.1 Å². The molecule has 0 bridgehead atoms. The van der Waals surface area contributed by atoms with Crippen LogP contribution in [0.1, 0.15) is 113 Å². The van der Waals surface area contributed by atoms with E-state index in [1.807, 2.05) is 166 Å². The second-order valence-electron chi connectivity index (χ2n) is 29.4. The van der Waals surface area contributed by atoms with Gasteiger partial charge in [0, 0.05) is 209 Å². The summed E-state index contributed by atoms with van der Waals surface area (Å²) in [5, 5.41) is 21.9. The summed E-state index contributed by atoms with van der Waals surface area (Å²) < 4.78 is 17.6. The van der Waals surface area contributed by atoms with Crippen LogP contribution in [0.5, 0.6) is 0 Å². The van der Waals surface area contributed by atoms with Gasteiger partial charge in [-0.25, -0.2) is 24.4 Å². The van der Waals surface area contributed by atoms with E-state index in [0.717, 1.165) is 136 Å². The number of carbonyl (C=O) groups is 6. The molecule has 612 valence electrons. The average Bonchev–Trinajstić information content (AvgIpc) is 1.76. The predicted molar refractivity (Wildman–Crippen MR) is 467 cm³/mol. The van der Waals surface area contributed by atoms with Crippen LogP contribution in [0.2, 0.25) is 0 Å². The number of carboxylic acid groups (broad SMARTS) is 1. The van der Waals surface area contributed by atoms with Crippen molar-refractivity contribution in [2.45, 2.75) is 50.1 Å². The van der Waals surface area contributed by atoms with Crippen molar-refractivity contribution in [1.29, 1.82) is 0 Å². The Morgan fingerprint density at radius 3 is 1.20 bits per heavy atom. The van der Waals surface area contributed by atoms with E-state index in [1.165, 1.54) is 86.6 Å². The van der Waals surface area contributed by atoms with E-state index in [0.29, 0.717) is 44.7 Å². The summed E-state index contributed by atoms with van der Waals surface area (Å²) in [4.78, 5) is 88.8. The van der Waals surface area contributed by atoms with Gasteiger partial charge in [-0.05, 0) is 125 Å². The van der Waals surface area contributed by atoms with Gasteiger partial charge in [-0.3, -0.25) is 24.2 Å². The van der Waals surface area contributed by atoms with Crippen LogP contribution in [0, 0.1) is 5.92 Å². The number of carbonyl (C=O) groups excluding carboxylic acids is 5. The van der Waals surface area contributed by atoms with Gasteiger partial charge in [0.2, 0.25) is 0 Å². The van der Waals surface area contributed by atoms with Gasteiger partial charge in [-0.1, -0.05) is 152 Å². The quantitative estimate of drug-likeness (QED) is 0.0394. The molecular weight excluding hydrogens is 1550 g/mol. The fourth-order valence-electron chi connectivity index (χ4n) is 15.3. The molecule has 1 saturated carbocycles. The SMILES string of the molecule is COC(=O)c1ccc2c(Cc3ccccc3)cn(C)c2c1.COC(=O)c1ccc2ccn(C)c2c1.ClCc1ccccc1.Cn1cc(Cc2ccccc2)c2ccc(C(=O)C3CC(N4CCN(C(=O)c5nccs5)CC4)C3)cc21.Cn1cc(Cc2ccccc2)c2ccc(C(=O)O)cc21.O.O=C(c1nccs1)N1CCN(C2CNC2)CC1.[Li+].[OH-]. The number of amides is 2. The Kier molecular flexibility index (Phi) is 32.6. The molecule has 8 aromatic carbocycles. The van der Waals surface area contributed by atoms with Gasteiger partial charge in [0.05, 0.1) is 30.9 Å². The number of aryl methyl sites for hydroxylation is 4. The number of benzene rings is 8. The smallest absolute Gasteiger partial charge is 0.870 e. The first-order valence-corrected chi connectivity index (χ1v) is 41.2. The molecule has 14 aromatic rings. The van der Waals surface area contributed by atoms with E-state index in [9.17, 15) is 28.8 Å². The van der Waals surface area contributed by atoms with Gasteiger partial charge in [-0.2, -0.15) is 0 Å². The third kappa shape index (κ3) is 22.6. The summed E-state index contributed by atoms with van der Waals surface area (Å²) in [7, 11) is 10.7. The molecule has 0 spiro atoms. The Morgan fingerprint density at radius 1 is 0.462 bits per heavy atom. The number of carboxylic acids is 1. The third-order valence-electron chi connectivity index (χ3n) is 21.9. The van der Waals surface area contributed by atoms with Crippen LogP contribution in [0.25, 0.3) is 43.6 Å². The number of Topliss-reactive ketones (excluding diaryl/α,β-unsaturated/α-hetero) is 1. The van der Waals surface area contributed by atoms with Crippen LogP contribution in [-0.4, -0.2) is 191 Å². The second kappa shape index (κ2) is 43.0. The number of nitrogens with zero attached hydrogens (tertiary/aromatic N) is 10. The molecule has 0 unspecified atom stereocenters. The van der Waals surface area contributed by atoms with Gasteiger partial charge < -0.3 is 58.9 Å². The number of ketones is 1. The Balaban J connectivity index is 0.000000157. The van der Waals surface area contributed by atoms with E-state index >= 15 is 0 Å². The van der Waals surface area contributed by atoms with Crippen molar-refractivity contribution in [2.75, 3.05) is 79.7 Å². The van der Waals surface area contributed by atoms with Crippen molar-refractivity contribution in [1.82, 2.24) is 53.2 Å². The van der Waals surface area contributed by atoms with Gasteiger partial charge in [-0.15, -0.1) is 34.3 Å². The number of thiazole rings is 2. The molecule has 0 radical (unpaired) electrons. The summed E-state index contributed by atoms with van der Waals surface area (Å²) in [5.74, 6) is -0.404. The zero-order chi connectivity index (χ0) is 81.2. The minimum absolute atomic E-state index is 0. The van der Waals surface area contributed by atoms with Crippen molar-refractivity contribution in [3.8, 4) is 0 Å². The van der Waals surface area contributed by atoms with E-state index in [2.05, 4.69) is 137 Å². The van der Waals surface area contributed by atoms with Crippen molar-refractivity contribution in [3.63, 3.8) is 0 Å². The van der Waals surface area contributed by atoms with E-state index in [4.69, 9.17) is 21.4 Å². The predicted octanol–water partition coefficient (Wildman–Crippen LogP) is 11.9. The number of rotatable bonds is 16. The Bertz CT molecular complexity index is 5660. The van der Waals surface area contributed by atoms with E-state index in [-0.39, 0.29) is 65.3 Å². The molecule has 4 aliphatic rings. The third-order valence-corrected chi connectivity index (χ3v) is 23.7. The van der Waals surface area contributed by atoms with Crippen LogP contribution < -0.4 is 24.2 Å². The summed E-state index contributed by atoms with van der Waals surface area (Å²) in [6, 6.07) is 67.0. The van der Waals surface area contributed by atoms with E-state index in [1.54, 1.807) is 30.6 Å². The zero-order valence-corrected chi connectivity index (χ0v) is 70.4. The normalized spacial score (nSPS) is 14.9. The minimum atomic E-state index is -0.891. The molecule has 0 atom stereocenters. The summed E-state index contributed by atoms with van der Waals surface area (Å²) in [6.45, 7) is 9.01. The molecule has 2 amide bonds. The number of fused-ring (bicyclic) bond motifs is 4. The molecule has 119 heavy (non-hydrogen) atoms. The zero-order valence-electron chi connectivity index (χ0n) is 68.0. The fourth-order valence-corrected chi connectivity index (χ4v) is 16.6. The first kappa shape index (κ1) is 90.2. The number of alkyl halides is 1. The Morgan fingerprint density at radius 2 is 0.832 bits per heavy atom. The maximum atomic E-state index is 13.3. The van der Waals surface area contributed by atoms with Crippen molar-refractivity contribution < 1.29 is 73.2 Å². The van der Waals surface area contributed by atoms with Crippen LogP contribution in [0.15, 0.2) is 248 Å². The van der Waals surface area contributed by atoms with E-state index < -0.39 is 5.97 Å². The number of esters is 2. The molecule has 4 fully saturated rings. The standard InChI is InChI=1S/C29H30N4O2S.C18H17NO2.C17H15NO2.C11H16N4OS.C11H11NO2.C7H7Cl.Li.2H2O/c1-31-19-23(15-20-5-3-2-4-6-20)25-8-7-21(18-26(25)31)27(34)22-16-24(17-22)32-10-12-33(13-11-32)29(35)28-30-9-14-36-28;1-19-12-15(10-13-6-4-3-5-7-13)16-9-8-14(11-17(16)19)18(20)21-2;1-18-11-14(9-12-5-3-2-4-6-12)15-8-7-13(17(19)20)10-16(15)18;16-11(10-13-1-6-17-10)15-4-2-14(3-5-15)9-7-12-8-9;1-12-6-5-8-3-4-9(7-10(8)12)11(13)14-2;8-6-7-4-2-1-3-5-7;;;/h2-9,14,18-19,22,24H,10-13,15-17H2,1H3;3-9,11-12H,10H2,1-2H3;2-8,10-11H,9H2,1H3,(H,19,20);1,6,9,12H,2-5,7-8H2;3-7H,1-2H3;1-5H,6H2;;2*1H2/q;;;;;;+1;;/p-1. The van der Waals surface area contributed by atoms with Gasteiger partial charge in [0.1, 0.15) is 0 Å². The number of methoxy groups -OCH3 is 2. The molecule has 5 N–H and O–H groups in total. The number of aromatic nitrogens is 6. The number of aromatic carboxylic acids is 1. The minimum Gasteiger partial charge on any atom is -0.870 e. The maximum absolute atomic E-state index is 13.3. The molecule has 3 aliphatic heterocycles. The monoisotopic (exact) mass is 1650 g/mol. The first-order valence-electron chi connectivity index (χ1n) is 38.9. The molecule has 3 saturated heterocycles. The average molecular weight is 1650 g/mol. The molecular formula is C93H99ClLiN11O11S2. The van der Waals surface area contributed by atoms with Crippen LogP contribution in [0.4, 0.5) is 0 Å². The number of ether oxygens (including phenoxy) is 2. The van der Waals surface area contributed by atoms with Gasteiger partial charge >= 0.3 is 36.8 Å². The van der Waals surface area contributed by atoms with Crippen molar-refractivity contribution >= 4 is 113 Å². The Hall–Kier alpha value is -11.1. The number of hydrogen-bond acceptors (Lipinski definition) is 16. The molecule has 22 nitrogen and oxygen atoms in total. The molecule has 26 heteroatoms.